The van der Waals surface area contributed by atoms with Crippen LogP contribution in [0.1, 0.15) is 41.5 Å². The molecule has 2 amide bonds. The van der Waals surface area contributed by atoms with Crippen LogP contribution in [-0.4, -0.2) is 33.4 Å². The van der Waals surface area contributed by atoms with Crippen LogP contribution in [0.5, 0.6) is 0 Å². The van der Waals surface area contributed by atoms with E-state index < -0.39 is 23.4 Å². The maximum atomic E-state index is 11.5. The predicted molar refractivity (Wildman–Crippen MR) is 131 cm³/mol. The van der Waals surface area contributed by atoms with Crippen molar-refractivity contribution in [3.05, 3.63) is 44.2 Å². The zero-order chi connectivity index (χ0) is 23.8. The molecule has 11 heteroatoms. The molecule has 170 valence electrons. The molecule has 8 nitrogen and oxygen atoms in total. The highest BCUT2D eigenvalue weighted by Gasteiger charge is 2.18. The fraction of sp³-hybridized carbons (Fsp3) is 0.400. The lowest BCUT2D eigenvalue weighted by Crippen LogP contribution is -2.27. The van der Waals surface area contributed by atoms with Crippen LogP contribution < -0.4 is 10.6 Å². The number of nitrogens with zero attached hydrogens (tertiary/aromatic N) is 2. The van der Waals surface area contributed by atoms with E-state index in [1.165, 1.54) is 12.4 Å². The first-order valence-electron chi connectivity index (χ1n) is 9.08. The van der Waals surface area contributed by atoms with Gasteiger partial charge in [0.2, 0.25) is 0 Å². The van der Waals surface area contributed by atoms with Crippen molar-refractivity contribution in [1.29, 1.82) is 0 Å². The summed E-state index contributed by atoms with van der Waals surface area (Å²) in [5.74, 6) is 0.777. The Morgan fingerprint density at radius 1 is 0.903 bits per heavy atom. The molecule has 0 unspecified atom stereocenters. The van der Waals surface area contributed by atoms with Gasteiger partial charge in [0, 0.05) is 17.4 Å². The number of rotatable bonds is 2. The first-order chi connectivity index (χ1) is 14.2. The molecule has 2 N–H and O–H groups in total. The van der Waals surface area contributed by atoms with E-state index in [4.69, 9.17) is 32.7 Å². The molecule has 0 aliphatic rings. The van der Waals surface area contributed by atoms with Gasteiger partial charge in [0.1, 0.15) is 22.8 Å². The molecule has 2 heterocycles. The number of hydrogen-bond acceptors (Lipinski definition) is 6. The van der Waals surface area contributed by atoms with Crippen LogP contribution in [0.2, 0.25) is 10.0 Å². The summed E-state index contributed by atoms with van der Waals surface area (Å²) < 4.78 is 10.8. The lowest BCUT2D eigenvalue weighted by atomic mass is 10.2. The van der Waals surface area contributed by atoms with Gasteiger partial charge < -0.3 is 9.47 Å². The smallest absolute Gasteiger partial charge is 0.413 e. The minimum Gasteiger partial charge on any atom is -0.444 e. The molecule has 0 aliphatic carbocycles. The summed E-state index contributed by atoms with van der Waals surface area (Å²) in [6.45, 7) is 10.8. The Morgan fingerprint density at radius 2 is 1.42 bits per heavy atom. The summed E-state index contributed by atoms with van der Waals surface area (Å²) in [5, 5.41) is 6.08. The van der Waals surface area contributed by atoms with Gasteiger partial charge in [-0.2, -0.15) is 0 Å². The molecule has 2 aromatic rings. The molecule has 0 aromatic carbocycles. The summed E-state index contributed by atoms with van der Waals surface area (Å²) in [4.78, 5) is 30.7. The van der Waals surface area contributed by atoms with E-state index in [2.05, 4.69) is 20.6 Å². The maximum Gasteiger partial charge on any atom is 0.413 e. The van der Waals surface area contributed by atoms with Crippen LogP contribution in [0.4, 0.5) is 21.2 Å². The third-order valence-electron chi connectivity index (χ3n) is 2.81. The summed E-state index contributed by atoms with van der Waals surface area (Å²) in [5.41, 5.74) is -1.06. The average Bonchev–Trinajstić information content (AvgIpc) is 2.56. The van der Waals surface area contributed by atoms with E-state index in [9.17, 15) is 9.59 Å². The molecule has 0 saturated heterocycles. The second-order valence-electron chi connectivity index (χ2n) is 8.07. The van der Waals surface area contributed by atoms with Crippen LogP contribution >= 0.6 is 45.8 Å². The zero-order valence-electron chi connectivity index (χ0n) is 18.0. The second kappa shape index (κ2) is 11.7. The van der Waals surface area contributed by atoms with Crippen LogP contribution in [0.25, 0.3) is 0 Å². The molecular weight excluding hydrogens is 558 g/mol. The minimum absolute atomic E-state index is 0.372. The third-order valence-corrected chi connectivity index (χ3v) is 4.77. The van der Waals surface area contributed by atoms with Gasteiger partial charge in [0.05, 0.1) is 8.59 Å². The van der Waals surface area contributed by atoms with Crippen molar-refractivity contribution in [3.8, 4) is 0 Å². The summed E-state index contributed by atoms with van der Waals surface area (Å²) in [6.07, 6.45) is 1.95. The standard InChI is InChI=1S/C10H12ClIN2O2.C10H13ClN2O2/c1-10(2,3)16-9(15)14-8-7(12)6(11)4-5-13-8;1-10(2,3)15-9(14)13-8-6-7(11)4-5-12-8/h4-5H,1-3H3,(H,13,14,15);4-6H,1-3H3,(H,12,13,14). The van der Waals surface area contributed by atoms with Crippen LogP contribution in [0, 0.1) is 3.57 Å². The number of aromatic nitrogens is 2. The van der Waals surface area contributed by atoms with Gasteiger partial charge in [-0.15, -0.1) is 0 Å². The number of hydrogen-bond donors (Lipinski definition) is 2. The zero-order valence-corrected chi connectivity index (χ0v) is 21.7. The van der Waals surface area contributed by atoms with E-state index in [-0.39, 0.29) is 0 Å². The van der Waals surface area contributed by atoms with Gasteiger partial charge in [-0.1, -0.05) is 23.2 Å². The quantitative estimate of drug-likeness (QED) is 0.379. The number of carbonyl (C=O) groups is 2. The average molecular weight is 583 g/mol. The molecule has 0 saturated carbocycles. The lowest BCUT2D eigenvalue weighted by molar-refractivity contribution is 0.0624. The lowest BCUT2D eigenvalue weighted by Gasteiger charge is -2.19. The number of amides is 2. The predicted octanol–water partition coefficient (Wildman–Crippen LogP) is 6.77. The molecule has 2 rings (SSSR count). The number of pyridine rings is 2. The highest BCUT2D eigenvalue weighted by atomic mass is 127. The number of anilines is 2. The number of ether oxygens (including phenoxy) is 2. The number of halogens is 3. The third kappa shape index (κ3) is 11.9. The minimum atomic E-state index is -0.544. The SMILES string of the molecule is CC(C)(C)OC(=O)Nc1cc(Cl)ccn1.CC(C)(C)OC(=O)Nc1nccc(Cl)c1I. The molecule has 2 aromatic heterocycles. The molecule has 0 fully saturated rings. The summed E-state index contributed by atoms with van der Waals surface area (Å²) in [7, 11) is 0. The summed E-state index contributed by atoms with van der Waals surface area (Å²) >= 11 is 13.6. The largest absolute Gasteiger partial charge is 0.444 e. The van der Waals surface area contributed by atoms with Gasteiger partial charge in [0.15, 0.2) is 0 Å². The van der Waals surface area contributed by atoms with Gasteiger partial charge in [-0.05, 0) is 82.3 Å². The normalized spacial score (nSPS) is 11.0. The molecule has 0 spiro atoms. The van der Waals surface area contributed by atoms with E-state index in [0.29, 0.717) is 25.3 Å². The number of carbonyl (C=O) groups excluding carboxylic acids is 2. The number of nitrogens with one attached hydrogen (secondary N) is 2. The highest BCUT2D eigenvalue weighted by molar-refractivity contribution is 14.1. The molecule has 0 radical (unpaired) electrons. The second-order valence-corrected chi connectivity index (χ2v) is 9.99. The van der Waals surface area contributed by atoms with Crippen LogP contribution in [-0.2, 0) is 9.47 Å². The van der Waals surface area contributed by atoms with Crippen molar-refractivity contribution < 1.29 is 19.1 Å². The van der Waals surface area contributed by atoms with E-state index in [0.717, 1.165) is 0 Å². The highest BCUT2D eigenvalue weighted by Crippen LogP contribution is 2.24. The molecule has 0 aliphatic heterocycles. The van der Waals surface area contributed by atoms with Crippen molar-refractivity contribution >= 4 is 69.6 Å². The van der Waals surface area contributed by atoms with Crippen molar-refractivity contribution in [3.63, 3.8) is 0 Å². The Balaban J connectivity index is 0.000000311. The Bertz CT molecular complexity index is 915. The van der Waals surface area contributed by atoms with Crippen molar-refractivity contribution in [2.75, 3.05) is 10.6 Å². The van der Waals surface area contributed by atoms with E-state index in [1.54, 1.807) is 59.7 Å². The van der Waals surface area contributed by atoms with Crippen LogP contribution in [0.15, 0.2) is 30.6 Å². The first-order valence-corrected chi connectivity index (χ1v) is 10.9. The van der Waals surface area contributed by atoms with E-state index >= 15 is 0 Å². The summed E-state index contributed by atoms with van der Waals surface area (Å²) in [6, 6.07) is 4.83. The van der Waals surface area contributed by atoms with Gasteiger partial charge in [-0.25, -0.2) is 19.6 Å². The van der Waals surface area contributed by atoms with Crippen molar-refractivity contribution in [2.24, 2.45) is 0 Å². The first kappa shape index (κ1) is 27.2. The molecule has 31 heavy (non-hydrogen) atoms. The monoisotopic (exact) mass is 582 g/mol. The molecule has 0 bridgehead atoms. The fourth-order valence-electron chi connectivity index (χ4n) is 1.79. The van der Waals surface area contributed by atoms with E-state index in [1.807, 2.05) is 22.6 Å². The fourth-order valence-corrected chi connectivity index (χ4v) is 2.55. The topological polar surface area (TPSA) is 102 Å². The van der Waals surface area contributed by atoms with Crippen LogP contribution in [0.3, 0.4) is 0 Å². The van der Waals surface area contributed by atoms with Gasteiger partial charge >= 0.3 is 12.2 Å². The van der Waals surface area contributed by atoms with Gasteiger partial charge in [-0.3, -0.25) is 10.6 Å². The molecular formula is C20H25Cl2IN4O4. The van der Waals surface area contributed by atoms with Crippen molar-refractivity contribution in [2.45, 2.75) is 52.7 Å². The maximum absolute atomic E-state index is 11.5. The Morgan fingerprint density at radius 3 is 1.94 bits per heavy atom. The Labute approximate surface area is 205 Å². The Hall–Kier alpha value is -1.85. The van der Waals surface area contributed by atoms with Gasteiger partial charge in [0.25, 0.3) is 0 Å². The molecule has 0 atom stereocenters. The Kier molecular flexibility index (Phi) is 10.2. The van der Waals surface area contributed by atoms with Crippen molar-refractivity contribution in [1.82, 2.24) is 9.97 Å².